The van der Waals surface area contributed by atoms with E-state index in [1.165, 1.54) is 6.07 Å². The summed E-state index contributed by atoms with van der Waals surface area (Å²) in [5, 5.41) is 14.7. The lowest BCUT2D eigenvalue weighted by Gasteiger charge is -2.33. The molecule has 5 heteroatoms. The first-order valence-corrected chi connectivity index (χ1v) is 6.79. The summed E-state index contributed by atoms with van der Waals surface area (Å²) in [5.41, 5.74) is 2.29. The van der Waals surface area contributed by atoms with Crippen molar-refractivity contribution < 1.29 is 14.7 Å². The second-order valence-corrected chi connectivity index (χ2v) is 5.64. The lowest BCUT2D eigenvalue weighted by Crippen LogP contribution is -2.45. The zero-order valence-electron chi connectivity index (χ0n) is 12.0. The van der Waals surface area contributed by atoms with Gasteiger partial charge in [0.1, 0.15) is 0 Å². The SMILES string of the molecule is Cc1cc(NC(=O)NC2CC(C)C2)cc(C(=O)O)c1C. The highest BCUT2D eigenvalue weighted by Crippen LogP contribution is 2.26. The van der Waals surface area contributed by atoms with Gasteiger partial charge in [-0.1, -0.05) is 6.92 Å². The normalized spacial score (nSPS) is 20.9. The molecule has 0 heterocycles. The van der Waals surface area contributed by atoms with E-state index in [-0.39, 0.29) is 17.6 Å². The summed E-state index contributed by atoms with van der Waals surface area (Å²) in [4.78, 5) is 23.0. The molecule has 1 saturated carbocycles. The Kier molecular flexibility index (Phi) is 3.97. The molecule has 0 aromatic heterocycles. The number of carboxylic acids is 1. The van der Waals surface area contributed by atoms with Gasteiger partial charge in [0, 0.05) is 11.7 Å². The number of rotatable bonds is 3. The van der Waals surface area contributed by atoms with Crippen LogP contribution in [0.1, 0.15) is 41.3 Å². The Morgan fingerprint density at radius 3 is 2.45 bits per heavy atom. The van der Waals surface area contributed by atoms with Gasteiger partial charge in [-0.3, -0.25) is 0 Å². The van der Waals surface area contributed by atoms with E-state index in [2.05, 4.69) is 17.6 Å². The van der Waals surface area contributed by atoms with Gasteiger partial charge in [0.25, 0.3) is 0 Å². The number of urea groups is 1. The molecule has 5 nitrogen and oxygen atoms in total. The maximum atomic E-state index is 11.8. The van der Waals surface area contributed by atoms with Crippen LogP contribution in [0.4, 0.5) is 10.5 Å². The summed E-state index contributed by atoms with van der Waals surface area (Å²) in [6.07, 6.45) is 2.00. The molecule has 2 amide bonds. The highest BCUT2D eigenvalue weighted by molar-refractivity contribution is 5.94. The predicted octanol–water partition coefficient (Wildman–Crippen LogP) is 2.92. The molecule has 0 atom stereocenters. The number of hydrogen-bond acceptors (Lipinski definition) is 2. The number of aromatic carboxylic acids is 1. The van der Waals surface area contributed by atoms with Crippen LogP contribution in [-0.2, 0) is 0 Å². The molecule has 0 radical (unpaired) electrons. The van der Waals surface area contributed by atoms with Crippen molar-refractivity contribution >= 4 is 17.7 Å². The third-order valence-corrected chi connectivity index (χ3v) is 3.86. The molecule has 0 aliphatic heterocycles. The molecule has 20 heavy (non-hydrogen) atoms. The number of amides is 2. The maximum Gasteiger partial charge on any atom is 0.336 e. The third-order valence-electron chi connectivity index (χ3n) is 3.86. The van der Waals surface area contributed by atoms with Crippen LogP contribution in [0.3, 0.4) is 0 Å². The Labute approximate surface area is 118 Å². The minimum atomic E-state index is -0.984. The Morgan fingerprint density at radius 2 is 1.90 bits per heavy atom. The van der Waals surface area contributed by atoms with Gasteiger partial charge < -0.3 is 15.7 Å². The van der Waals surface area contributed by atoms with E-state index in [0.29, 0.717) is 11.6 Å². The van der Waals surface area contributed by atoms with Crippen molar-refractivity contribution in [2.45, 2.75) is 39.7 Å². The number of carbonyl (C=O) groups is 2. The van der Waals surface area contributed by atoms with Crippen molar-refractivity contribution in [3.05, 3.63) is 28.8 Å². The highest BCUT2D eigenvalue weighted by atomic mass is 16.4. The van der Waals surface area contributed by atoms with Crippen molar-refractivity contribution in [3.8, 4) is 0 Å². The summed E-state index contributed by atoms with van der Waals surface area (Å²) in [6, 6.07) is 3.23. The summed E-state index contributed by atoms with van der Waals surface area (Å²) >= 11 is 0. The van der Waals surface area contributed by atoms with Crippen molar-refractivity contribution in [2.24, 2.45) is 5.92 Å². The van der Waals surface area contributed by atoms with Gasteiger partial charge in [0.2, 0.25) is 0 Å². The molecule has 0 saturated heterocycles. The Bertz CT molecular complexity index is 548. The van der Waals surface area contributed by atoms with Gasteiger partial charge in [-0.15, -0.1) is 0 Å². The summed E-state index contributed by atoms with van der Waals surface area (Å²) < 4.78 is 0. The maximum absolute atomic E-state index is 11.8. The molecule has 3 N–H and O–H groups in total. The Hall–Kier alpha value is -2.04. The molecule has 1 aromatic rings. The van der Waals surface area contributed by atoms with Crippen LogP contribution in [-0.4, -0.2) is 23.1 Å². The lowest BCUT2D eigenvalue weighted by molar-refractivity contribution is 0.0696. The number of hydrogen-bond donors (Lipinski definition) is 3. The van der Waals surface area contributed by atoms with Gasteiger partial charge in [0.15, 0.2) is 0 Å². The van der Waals surface area contributed by atoms with Crippen LogP contribution in [0.25, 0.3) is 0 Å². The number of anilines is 1. The van der Waals surface area contributed by atoms with Gasteiger partial charge in [-0.05, 0) is 55.9 Å². The fraction of sp³-hybridized carbons (Fsp3) is 0.467. The van der Waals surface area contributed by atoms with E-state index in [4.69, 9.17) is 5.11 Å². The molecular formula is C15H20N2O3. The molecule has 0 unspecified atom stereocenters. The molecule has 1 aromatic carbocycles. The molecule has 1 aliphatic rings. The third kappa shape index (κ3) is 3.10. The summed E-state index contributed by atoms with van der Waals surface area (Å²) in [6.45, 7) is 5.75. The van der Waals surface area contributed by atoms with E-state index in [1.807, 2.05) is 6.92 Å². The van der Waals surface area contributed by atoms with Crippen LogP contribution in [0.2, 0.25) is 0 Å². The van der Waals surface area contributed by atoms with Crippen LogP contribution < -0.4 is 10.6 Å². The lowest BCUT2D eigenvalue weighted by atomic mass is 9.82. The van der Waals surface area contributed by atoms with E-state index < -0.39 is 5.97 Å². The van der Waals surface area contributed by atoms with Crippen molar-refractivity contribution in [2.75, 3.05) is 5.32 Å². The second-order valence-electron chi connectivity index (χ2n) is 5.64. The quantitative estimate of drug-likeness (QED) is 0.794. The fourth-order valence-electron chi connectivity index (χ4n) is 2.53. The average Bonchev–Trinajstić information content (AvgIpc) is 2.31. The molecule has 0 bridgehead atoms. The number of carboxylic acid groups (broad SMARTS) is 1. The first-order chi connectivity index (χ1) is 9.36. The van der Waals surface area contributed by atoms with Gasteiger partial charge >= 0.3 is 12.0 Å². The number of carbonyl (C=O) groups excluding carboxylic acids is 1. The minimum Gasteiger partial charge on any atom is -0.478 e. The smallest absolute Gasteiger partial charge is 0.336 e. The number of benzene rings is 1. The monoisotopic (exact) mass is 276 g/mol. The molecule has 1 aliphatic carbocycles. The first-order valence-electron chi connectivity index (χ1n) is 6.79. The van der Waals surface area contributed by atoms with Gasteiger partial charge in [-0.25, -0.2) is 9.59 Å². The number of nitrogens with one attached hydrogen (secondary N) is 2. The van der Waals surface area contributed by atoms with Gasteiger partial charge in [-0.2, -0.15) is 0 Å². The van der Waals surface area contributed by atoms with Crippen LogP contribution in [0.5, 0.6) is 0 Å². The standard InChI is InChI=1S/C15H20N2O3/c1-8-4-11(5-8)16-15(20)17-12-6-9(2)10(3)13(7-12)14(18)19/h6-8,11H,4-5H2,1-3H3,(H,18,19)(H2,16,17,20). The topological polar surface area (TPSA) is 78.4 Å². The van der Waals surface area contributed by atoms with Crippen LogP contribution in [0, 0.1) is 19.8 Å². The average molecular weight is 276 g/mol. The van der Waals surface area contributed by atoms with E-state index in [9.17, 15) is 9.59 Å². The zero-order valence-corrected chi connectivity index (χ0v) is 12.0. The second kappa shape index (κ2) is 5.53. The van der Waals surface area contributed by atoms with E-state index in [1.54, 1.807) is 13.0 Å². The molecule has 1 fully saturated rings. The van der Waals surface area contributed by atoms with Crippen LogP contribution in [0.15, 0.2) is 12.1 Å². The molecule has 0 spiro atoms. The first kappa shape index (κ1) is 14.4. The van der Waals surface area contributed by atoms with Crippen molar-refractivity contribution in [1.82, 2.24) is 5.32 Å². The summed E-state index contributed by atoms with van der Waals surface area (Å²) in [5.74, 6) is -0.317. The van der Waals surface area contributed by atoms with Crippen molar-refractivity contribution in [3.63, 3.8) is 0 Å². The zero-order chi connectivity index (χ0) is 14.9. The molecular weight excluding hydrogens is 256 g/mol. The summed E-state index contributed by atoms with van der Waals surface area (Å²) in [7, 11) is 0. The number of aryl methyl sites for hydroxylation is 1. The van der Waals surface area contributed by atoms with E-state index >= 15 is 0 Å². The molecule has 2 rings (SSSR count). The Morgan fingerprint density at radius 1 is 1.25 bits per heavy atom. The van der Waals surface area contributed by atoms with Crippen molar-refractivity contribution in [1.29, 1.82) is 0 Å². The van der Waals surface area contributed by atoms with Gasteiger partial charge in [0.05, 0.1) is 5.56 Å². The molecule has 108 valence electrons. The predicted molar refractivity (Wildman–Crippen MR) is 77.2 cm³/mol. The Balaban J connectivity index is 2.05. The minimum absolute atomic E-state index is 0.220. The van der Waals surface area contributed by atoms with Crippen LogP contribution >= 0.6 is 0 Å². The fourth-order valence-corrected chi connectivity index (χ4v) is 2.53. The van der Waals surface area contributed by atoms with E-state index in [0.717, 1.165) is 24.0 Å². The highest BCUT2D eigenvalue weighted by Gasteiger charge is 2.26. The largest absolute Gasteiger partial charge is 0.478 e.